The van der Waals surface area contributed by atoms with E-state index >= 15 is 0 Å². The van der Waals surface area contributed by atoms with Crippen LogP contribution in [-0.4, -0.2) is 34.8 Å². The Morgan fingerprint density at radius 1 is 1.29 bits per heavy atom. The zero-order chi connectivity index (χ0) is 19.7. The third-order valence-electron chi connectivity index (χ3n) is 5.25. The highest BCUT2D eigenvalue weighted by atomic mass is 79.9. The Labute approximate surface area is 172 Å². The molecule has 1 atom stereocenters. The van der Waals surface area contributed by atoms with Crippen LogP contribution in [0.2, 0.25) is 0 Å². The molecule has 6 heteroatoms. The summed E-state index contributed by atoms with van der Waals surface area (Å²) in [5.74, 6) is -0.362. The maximum absolute atomic E-state index is 12.6. The number of benzene rings is 2. The fourth-order valence-corrected chi connectivity index (χ4v) is 4.13. The summed E-state index contributed by atoms with van der Waals surface area (Å²) in [6.07, 6.45) is 3.06. The summed E-state index contributed by atoms with van der Waals surface area (Å²) in [6, 6.07) is 13.8. The monoisotopic (exact) mass is 439 g/mol. The van der Waals surface area contributed by atoms with Crippen molar-refractivity contribution in [1.82, 2.24) is 9.88 Å². The second kappa shape index (κ2) is 7.80. The number of hydrogen-bond acceptors (Lipinski definition) is 2. The highest BCUT2D eigenvalue weighted by Gasteiger charge is 2.34. The van der Waals surface area contributed by atoms with E-state index in [1.54, 1.807) is 4.90 Å². The third-order valence-corrected chi connectivity index (χ3v) is 5.74. The van der Waals surface area contributed by atoms with Crippen LogP contribution in [0.25, 0.3) is 10.9 Å². The first kappa shape index (κ1) is 18.7. The van der Waals surface area contributed by atoms with Crippen LogP contribution in [0.4, 0.5) is 5.69 Å². The summed E-state index contributed by atoms with van der Waals surface area (Å²) in [4.78, 5) is 30.1. The molecule has 144 valence electrons. The van der Waals surface area contributed by atoms with Crippen LogP contribution in [0.5, 0.6) is 0 Å². The first-order valence-corrected chi connectivity index (χ1v) is 10.2. The SMILES string of the molecule is Cc1ccc2[nH]cc(CCN3CC(C(=O)Nc4cccc(Br)c4)CC3=O)c2c1. The number of aromatic amines is 1. The van der Waals surface area contributed by atoms with E-state index in [1.165, 1.54) is 16.5 Å². The van der Waals surface area contributed by atoms with E-state index in [9.17, 15) is 9.59 Å². The number of aryl methyl sites for hydroxylation is 1. The topological polar surface area (TPSA) is 65.2 Å². The predicted molar refractivity (Wildman–Crippen MR) is 114 cm³/mol. The largest absolute Gasteiger partial charge is 0.361 e. The van der Waals surface area contributed by atoms with Gasteiger partial charge in [-0.05, 0) is 49.2 Å². The molecule has 1 aromatic heterocycles. The molecule has 4 rings (SSSR count). The summed E-state index contributed by atoms with van der Waals surface area (Å²) in [5.41, 5.74) is 4.27. The molecule has 0 spiro atoms. The molecule has 1 unspecified atom stereocenters. The van der Waals surface area contributed by atoms with Gasteiger partial charge in [-0.25, -0.2) is 0 Å². The first-order valence-electron chi connectivity index (χ1n) is 9.40. The predicted octanol–water partition coefficient (Wildman–Crippen LogP) is 4.27. The Morgan fingerprint density at radius 3 is 2.96 bits per heavy atom. The smallest absolute Gasteiger partial charge is 0.229 e. The van der Waals surface area contributed by atoms with Crippen LogP contribution < -0.4 is 5.32 Å². The van der Waals surface area contributed by atoms with Gasteiger partial charge in [-0.3, -0.25) is 9.59 Å². The minimum Gasteiger partial charge on any atom is -0.361 e. The van der Waals surface area contributed by atoms with Crippen molar-refractivity contribution in [3.05, 3.63) is 64.3 Å². The van der Waals surface area contributed by atoms with Crippen LogP contribution in [0, 0.1) is 12.8 Å². The number of nitrogens with one attached hydrogen (secondary N) is 2. The molecule has 1 fully saturated rings. The number of amides is 2. The maximum Gasteiger partial charge on any atom is 0.229 e. The lowest BCUT2D eigenvalue weighted by atomic mass is 10.1. The number of hydrogen-bond donors (Lipinski definition) is 2. The zero-order valence-corrected chi connectivity index (χ0v) is 17.3. The molecule has 0 radical (unpaired) electrons. The number of H-pyrrole nitrogens is 1. The van der Waals surface area contributed by atoms with Gasteiger partial charge in [-0.2, -0.15) is 0 Å². The number of nitrogens with zero attached hydrogens (tertiary/aromatic N) is 1. The molecule has 3 aromatic rings. The quantitative estimate of drug-likeness (QED) is 0.623. The summed E-state index contributed by atoms with van der Waals surface area (Å²) in [7, 11) is 0. The summed E-state index contributed by atoms with van der Waals surface area (Å²) < 4.78 is 0.906. The summed E-state index contributed by atoms with van der Waals surface area (Å²) in [6.45, 7) is 3.18. The second-order valence-corrected chi connectivity index (χ2v) is 8.27. The van der Waals surface area contributed by atoms with E-state index in [0.29, 0.717) is 13.1 Å². The van der Waals surface area contributed by atoms with Crippen LogP contribution in [0.1, 0.15) is 17.5 Å². The van der Waals surface area contributed by atoms with E-state index in [-0.39, 0.29) is 24.2 Å². The molecule has 0 saturated carbocycles. The molecule has 0 bridgehead atoms. The van der Waals surface area contributed by atoms with Gasteiger partial charge in [0.1, 0.15) is 0 Å². The molecule has 1 aliphatic heterocycles. The lowest BCUT2D eigenvalue weighted by Gasteiger charge is -2.16. The number of aromatic nitrogens is 1. The van der Waals surface area contributed by atoms with Crippen molar-refractivity contribution in [3.63, 3.8) is 0 Å². The van der Waals surface area contributed by atoms with Crippen molar-refractivity contribution in [1.29, 1.82) is 0 Å². The van der Waals surface area contributed by atoms with Crippen molar-refractivity contribution >= 4 is 44.3 Å². The summed E-state index contributed by atoms with van der Waals surface area (Å²) in [5, 5.41) is 4.12. The van der Waals surface area contributed by atoms with Gasteiger partial charge in [0.15, 0.2) is 0 Å². The number of rotatable bonds is 5. The molecule has 28 heavy (non-hydrogen) atoms. The van der Waals surface area contributed by atoms with Gasteiger partial charge in [-0.1, -0.05) is 33.6 Å². The fourth-order valence-electron chi connectivity index (χ4n) is 3.73. The van der Waals surface area contributed by atoms with Crippen LogP contribution in [-0.2, 0) is 16.0 Å². The Kier molecular flexibility index (Phi) is 5.22. The Bertz CT molecular complexity index is 1040. The molecule has 2 aromatic carbocycles. The first-order chi connectivity index (χ1) is 13.5. The fraction of sp³-hybridized carbons (Fsp3) is 0.273. The highest BCUT2D eigenvalue weighted by Crippen LogP contribution is 2.24. The number of fused-ring (bicyclic) bond motifs is 1. The van der Waals surface area contributed by atoms with Crippen molar-refractivity contribution in [2.75, 3.05) is 18.4 Å². The third kappa shape index (κ3) is 3.97. The maximum atomic E-state index is 12.6. The highest BCUT2D eigenvalue weighted by molar-refractivity contribution is 9.10. The van der Waals surface area contributed by atoms with Gasteiger partial charge < -0.3 is 15.2 Å². The molecule has 1 aliphatic rings. The van der Waals surface area contributed by atoms with E-state index in [0.717, 1.165) is 22.1 Å². The number of anilines is 1. The zero-order valence-electron chi connectivity index (χ0n) is 15.7. The van der Waals surface area contributed by atoms with Crippen molar-refractivity contribution in [2.24, 2.45) is 5.92 Å². The van der Waals surface area contributed by atoms with Gasteiger partial charge in [0, 0.05) is 46.8 Å². The molecule has 2 heterocycles. The van der Waals surface area contributed by atoms with Gasteiger partial charge in [0.05, 0.1) is 5.92 Å². The summed E-state index contributed by atoms with van der Waals surface area (Å²) >= 11 is 3.40. The van der Waals surface area contributed by atoms with Crippen molar-refractivity contribution in [3.8, 4) is 0 Å². The van der Waals surface area contributed by atoms with Crippen LogP contribution in [0.3, 0.4) is 0 Å². The van der Waals surface area contributed by atoms with E-state index in [2.05, 4.69) is 51.4 Å². The van der Waals surface area contributed by atoms with Gasteiger partial charge in [-0.15, -0.1) is 0 Å². The Morgan fingerprint density at radius 2 is 2.14 bits per heavy atom. The average Bonchev–Trinajstić information content (AvgIpc) is 3.23. The number of likely N-dealkylation sites (tertiary alicyclic amines) is 1. The number of carbonyl (C=O) groups excluding carboxylic acids is 2. The minimum atomic E-state index is -0.309. The van der Waals surface area contributed by atoms with Gasteiger partial charge >= 0.3 is 0 Å². The van der Waals surface area contributed by atoms with Gasteiger partial charge in [0.25, 0.3) is 0 Å². The van der Waals surface area contributed by atoms with E-state index in [4.69, 9.17) is 0 Å². The molecule has 1 saturated heterocycles. The normalized spacial score (nSPS) is 16.7. The van der Waals surface area contributed by atoms with Crippen LogP contribution >= 0.6 is 15.9 Å². The average molecular weight is 440 g/mol. The molecular weight excluding hydrogens is 418 g/mol. The lowest BCUT2D eigenvalue weighted by molar-refractivity contribution is -0.128. The van der Waals surface area contributed by atoms with Crippen LogP contribution in [0.15, 0.2) is 53.1 Å². The minimum absolute atomic E-state index is 0.0467. The van der Waals surface area contributed by atoms with Crippen molar-refractivity contribution < 1.29 is 9.59 Å². The molecule has 5 nitrogen and oxygen atoms in total. The van der Waals surface area contributed by atoms with E-state index in [1.807, 2.05) is 30.5 Å². The number of carbonyl (C=O) groups is 2. The van der Waals surface area contributed by atoms with Gasteiger partial charge in [0.2, 0.25) is 11.8 Å². The Hall–Kier alpha value is -2.60. The molecule has 2 amide bonds. The molecule has 0 aliphatic carbocycles. The van der Waals surface area contributed by atoms with Crippen molar-refractivity contribution in [2.45, 2.75) is 19.8 Å². The number of halogens is 1. The lowest BCUT2D eigenvalue weighted by Crippen LogP contribution is -2.30. The molecule has 2 N–H and O–H groups in total. The van der Waals surface area contributed by atoms with E-state index < -0.39 is 0 Å². The molecular formula is C22H22BrN3O2. The second-order valence-electron chi connectivity index (χ2n) is 7.35. The standard InChI is InChI=1S/C22H22BrN3O2/c1-14-5-6-20-19(9-14)15(12-24-20)7-8-26-13-16(10-21(26)27)22(28)25-18-4-2-3-17(23)11-18/h2-6,9,11-12,16,24H,7-8,10,13H2,1H3,(H,25,28). The Balaban J connectivity index is 1.38.